The second-order valence-electron chi connectivity index (χ2n) is 8.89. The zero-order chi connectivity index (χ0) is 21.4. The summed E-state index contributed by atoms with van der Waals surface area (Å²) >= 11 is 1.81. The number of nitrogens with zero attached hydrogens (tertiary/aromatic N) is 3. The Morgan fingerprint density at radius 3 is 2.45 bits per heavy atom. The third-order valence-corrected chi connectivity index (χ3v) is 7.05. The Labute approximate surface area is 209 Å². The van der Waals surface area contributed by atoms with Crippen molar-refractivity contribution in [3.63, 3.8) is 0 Å². The summed E-state index contributed by atoms with van der Waals surface area (Å²) in [6.07, 6.45) is 1.26. The Bertz CT molecular complexity index is 789. The van der Waals surface area contributed by atoms with Crippen molar-refractivity contribution in [3.8, 4) is 0 Å². The van der Waals surface area contributed by atoms with Gasteiger partial charge in [-0.15, -0.1) is 35.3 Å². The molecular weight excluding hydrogens is 517 g/mol. The minimum absolute atomic E-state index is 0. The quantitative estimate of drug-likeness (QED) is 0.306. The average Bonchev–Trinajstić information content (AvgIpc) is 3.22. The van der Waals surface area contributed by atoms with E-state index in [1.165, 1.54) is 35.5 Å². The molecule has 0 bridgehead atoms. The Morgan fingerprint density at radius 1 is 1.03 bits per heavy atom. The lowest BCUT2D eigenvalue weighted by Gasteiger charge is -2.25. The van der Waals surface area contributed by atoms with Crippen LogP contribution in [0.1, 0.15) is 36.3 Å². The van der Waals surface area contributed by atoms with E-state index in [4.69, 9.17) is 0 Å². The van der Waals surface area contributed by atoms with E-state index in [9.17, 15) is 0 Å². The zero-order valence-electron chi connectivity index (χ0n) is 19.4. The molecule has 3 rings (SSSR count). The Balaban J connectivity index is 0.00000341. The molecule has 7 heteroatoms. The summed E-state index contributed by atoms with van der Waals surface area (Å²) in [5.41, 5.74) is 2.74. The van der Waals surface area contributed by atoms with Crippen LogP contribution in [0.5, 0.6) is 0 Å². The molecule has 31 heavy (non-hydrogen) atoms. The molecule has 1 fully saturated rings. The standard InChI is InChI=1S/C24H37N5S.HI/c1-24(2,22-7-5-16-30-22)19-27-23(25-3)26-17-20-8-10-21(11-9-20)18-29-13-6-12-28(4)14-15-29;/h5,7-11,16H,6,12-15,17-19H2,1-4H3,(H2,25,26,27);1H. The van der Waals surface area contributed by atoms with Crippen molar-refractivity contribution >= 4 is 41.3 Å². The van der Waals surface area contributed by atoms with Gasteiger partial charge in [0.1, 0.15) is 0 Å². The number of guanidine groups is 1. The van der Waals surface area contributed by atoms with Crippen molar-refractivity contribution in [2.75, 3.05) is 46.8 Å². The Morgan fingerprint density at radius 2 is 1.77 bits per heavy atom. The smallest absolute Gasteiger partial charge is 0.191 e. The highest BCUT2D eigenvalue weighted by molar-refractivity contribution is 14.0. The van der Waals surface area contributed by atoms with Crippen LogP contribution in [-0.2, 0) is 18.5 Å². The zero-order valence-corrected chi connectivity index (χ0v) is 22.5. The third-order valence-electron chi connectivity index (χ3n) is 5.81. The first kappa shape index (κ1) is 26.1. The van der Waals surface area contributed by atoms with Gasteiger partial charge in [0, 0.05) is 50.1 Å². The molecular formula is C24H38IN5S. The van der Waals surface area contributed by atoms with E-state index < -0.39 is 0 Å². The van der Waals surface area contributed by atoms with Gasteiger partial charge in [-0.2, -0.15) is 0 Å². The Hall–Kier alpha value is -1.16. The molecule has 2 aromatic rings. The molecule has 2 heterocycles. The number of nitrogens with one attached hydrogen (secondary N) is 2. The lowest BCUT2D eigenvalue weighted by Crippen LogP contribution is -2.42. The maximum atomic E-state index is 4.38. The highest BCUT2D eigenvalue weighted by atomic mass is 127. The summed E-state index contributed by atoms with van der Waals surface area (Å²) in [5.74, 6) is 0.845. The molecule has 5 nitrogen and oxygen atoms in total. The minimum atomic E-state index is 0. The summed E-state index contributed by atoms with van der Waals surface area (Å²) in [4.78, 5) is 10.8. The van der Waals surface area contributed by atoms with Crippen molar-refractivity contribution < 1.29 is 0 Å². The van der Waals surface area contributed by atoms with Crippen molar-refractivity contribution in [2.45, 2.75) is 38.8 Å². The van der Waals surface area contributed by atoms with Crippen LogP contribution in [0.2, 0.25) is 0 Å². The first-order chi connectivity index (χ1) is 14.5. The highest BCUT2D eigenvalue weighted by Gasteiger charge is 2.21. The summed E-state index contributed by atoms with van der Waals surface area (Å²) in [7, 11) is 4.05. The summed E-state index contributed by atoms with van der Waals surface area (Å²) in [5, 5.41) is 9.06. The number of hydrogen-bond acceptors (Lipinski definition) is 4. The van der Waals surface area contributed by atoms with Crippen LogP contribution in [0, 0.1) is 0 Å². The van der Waals surface area contributed by atoms with Gasteiger partial charge in [0.25, 0.3) is 0 Å². The molecule has 0 spiro atoms. The van der Waals surface area contributed by atoms with Crippen LogP contribution in [0.25, 0.3) is 0 Å². The highest BCUT2D eigenvalue weighted by Crippen LogP contribution is 2.26. The van der Waals surface area contributed by atoms with E-state index in [1.54, 1.807) is 0 Å². The monoisotopic (exact) mass is 555 g/mol. The number of aliphatic imine (C=N–C) groups is 1. The second kappa shape index (κ2) is 12.8. The van der Waals surface area contributed by atoms with Gasteiger partial charge < -0.3 is 15.5 Å². The van der Waals surface area contributed by atoms with Gasteiger partial charge in [-0.05, 0) is 49.1 Å². The fourth-order valence-corrected chi connectivity index (χ4v) is 4.59. The number of rotatable bonds is 7. The van der Waals surface area contributed by atoms with Crippen LogP contribution < -0.4 is 10.6 Å². The van der Waals surface area contributed by atoms with Crippen molar-refractivity contribution in [1.82, 2.24) is 20.4 Å². The molecule has 1 aliphatic rings. The summed E-state index contributed by atoms with van der Waals surface area (Å²) in [6, 6.07) is 13.3. The summed E-state index contributed by atoms with van der Waals surface area (Å²) < 4.78 is 0. The van der Waals surface area contributed by atoms with E-state index >= 15 is 0 Å². The molecule has 172 valence electrons. The molecule has 2 N–H and O–H groups in total. The van der Waals surface area contributed by atoms with E-state index in [0.29, 0.717) is 0 Å². The van der Waals surface area contributed by atoms with Crippen LogP contribution >= 0.6 is 35.3 Å². The minimum Gasteiger partial charge on any atom is -0.356 e. The molecule has 0 radical (unpaired) electrons. The molecule has 1 aromatic carbocycles. The molecule has 1 saturated heterocycles. The first-order valence-electron chi connectivity index (χ1n) is 10.9. The summed E-state index contributed by atoms with van der Waals surface area (Å²) in [6.45, 7) is 11.9. The maximum Gasteiger partial charge on any atom is 0.191 e. The van der Waals surface area contributed by atoms with Gasteiger partial charge in [-0.25, -0.2) is 0 Å². The van der Waals surface area contributed by atoms with E-state index in [1.807, 2.05) is 18.4 Å². The third kappa shape index (κ3) is 8.36. The first-order valence-corrected chi connectivity index (χ1v) is 11.8. The van der Waals surface area contributed by atoms with Gasteiger partial charge in [0.05, 0.1) is 0 Å². The van der Waals surface area contributed by atoms with Gasteiger partial charge in [-0.1, -0.05) is 44.2 Å². The molecule has 1 aromatic heterocycles. The lowest BCUT2D eigenvalue weighted by molar-refractivity contribution is 0.269. The predicted octanol–water partition coefficient (Wildman–Crippen LogP) is 4.15. The number of benzene rings is 1. The lowest BCUT2D eigenvalue weighted by atomic mass is 9.91. The number of halogens is 1. The van der Waals surface area contributed by atoms with E-state index in [2.05, 4.69) is 88.1 Å². The molecule has 0 saturated carbocycles. The van der Waals surface area contributed by atoms with Gasteiger partial charge in [-0.3, -0.25) is 9.89 Å². The van der Waals surface area contributed by atoms with Crippen molar-refractivity contribution in [1.29, 1.82) is 0 Å². The Kier molecular flexibility index (Phi) is 10.7. The van der Waals surface area contributed by atoms with Crippen molar-refractivity contribution in [2.24, 2.45) is 4.99 Å². The van der Waals surface area contributed by atoms with E-state index in [-0.39, 0.29) is 29.4 Å². The van der Waals surface area contributed by atoms with Gasteiger partial charge >= 0.3 is 0 Å². The van der Waals surface area contributed by atoms with Crippen LogP contribution in [0.4, 0.5) is 0 Å². The van der Waals surface area contributed by atoms with Crippen LogP contribution in [0.3, 0.4) is 0 Å². The van der Waals surface area contributed by atoms with Gasteiger partial charge in [0.2, 0.25) is 0 Å². The fraction of sp³-hybridized carbons (Fsp3) is 0.542. The normalized spacial score (nSPS) is 16.5. The second-order valence-corrected chi connectivity index (χ2v) is 9.84. The number of thiophene rings is 1. The predicted molar refractivity (Wildman–Crippen MR) is 145 cm³/mol. The molecule has 1 aliphatic heterocycles. The number of likely N-dealkylation sites (N-methyl/N-ethyl adjacent to an activating group) is 1. The van der Waals surface area contributed by atoms with Crippen LogP contribution in [-0.4, -0.2) is 62.6 Å². The number of hydrogen-bond donors (Lipinski definition) is 2. The molecule has 0 atom stereocenters. The average molecular weight is 556 g/mol. The largest absolute Gasteiger partial charge is 0.356 e. The van der Waals surface area contributed by atoms with Gasteiger partial charge in [0.15, 0.2) is 5.96 Å². The SMILES string of the molecule is CN=C(NCc1ccc(CN2CCCN(C)CC2)cc1)NCC(C)(C)c1cccs1.I. The van der Waals surface area contributed by atoms with Crippen molar-refractivity contribution in [3.05, 3.63) is 57.8 Å². The maximum absolute atomic E-state index is 4.38. The van der Waals surface area contributed by atoms with E-state index in [0.717, 1.165) is 38.7 Å². The molecule has 0 unspecified atom stereocenters. The molecule has 0 aliphatic carbocycles. The topological polar surface area (TPSA) is 42.9 Å². The molecule has 0 amide bonds. The fourth-order valence-electron chi connectivity index (χ4n) is 3.74. The van der Waals surface area contributed by atoms with Crippen LogP contribution in [0.15, 0.2) is 46.8 Å².